The number of carbonyl (C=O) groups is 5. The van der Waals surface area contributed by atoms with Gasteiger partial charge in [-0.2, -0.15) is 0 Å². The third kappa shape index (κ3) is 228. The zero-order chi connectivity index (χ0) is 20.7. The van der Waals surface area contributed by atoms with E-state index < -0.39 is 29.8 Å². The fourth-order valence-electron chi connectivity index (χ4n) is 0. The molecule has 0 amide bonds. The van der Waals surface area contributed by atoms with Crippen LogP contribution in [0.1, 0.15) is 60.3 Å². The molecule has 0 aliphatic heterocycles. The lowest BCUT2D eigenvalue weighted by molar-refractivity contribution is -0.137. The molecule has 24 heavy (non-hydrogen) atoms. The van der Waals surface area contributed by atoms with Gasteiger partial charge in [-0.05, 0) is 0 Å². The van der Waals surface area contributed by atoms with Gasteiger partial charge in [0.15, 0.2) is 0 Å². The molecule has 144 valence electrons. The zero-order valence-corrected chi connectivity index (χ0v) is 14.6. The molecule has 0 unspecified atom stereocenters. The molecule has 10 nitrogen and oxygen atoms in total. The predicted octanol–water partition coefficient (Wildman–Crippen LogP) is 2.01. The van der Waals surface area contributed by atoms with Crippen molar-refractivity contribution in [1.29, 1.82) is 0 Å². The van der Waals surface area contributed by atoms with Crippen molar-refractivity contribution in [1.82, 2.24) is 0 Å². The molecule has 0 rings (SSSR count). The first-order valence-corrected chi connectivity index (χ1v) is 6.88. The second kappa shape index (κ2) is 28.5. The summed E-state index contributed by atoms with van der Waals surface area (Å²) in [6.45, 7) is 7.48. The summed E-state index contributed by atoms with van der Waals surface area (Å²) in [4.78, 5) is 46.5. The van der Waals surface area contributed by atoms with Crippen molar-refractivity contribution in [3.05, 3.63) is 0 Å². The van der Waals surface area contributed by atoms with Gasteiger partial charge in [0, 0.05) is 32.6 Å². The van der Waals surface area contributed by atoms with Crippen molar-refractivity contribution in [2.24, 2.45) is 0 Å². The Labute approximate surface area is 140 Å². The van der Waals surface area contributed by atoms with Crippen LogP contribution in [-0.2, 0) is 24.0 Å². The van der Waals surface area contributed by atoms with Crippen LogP contribution in [0.25, 0.3) is 0 Å². The minimum absolute atomic E-state index is 0.222. The van der Waals surface area contributed by atoms with E-state index in [1.165, 1.54) is 0 Å². The van der Waals surface area contributed by atoms with E-state index in [-0.39, 0.29) is 25.7 Å². The highest BCUT2D eigenvalue weighted by atomic mass is 16.4. The van der Waals surface area contributed by atoms with Crippen molar-refractivity contribution < 1.29 is 49.5 Å². The Bertz CT molecular complexity index is 289. The van der Waals surface area contributed by atoms with E-state index in [0.717, 1.165) is 6.92 Å². The molecular formula is C14H28O10. The maximum absolute atomic E-state index is 9.37. The predicted molar refractivity (Wildman–Crippen MR) is 85.0 cm³/mol. The van der Waals surface area contributed by atoms with Crippen LogP contribution in [0.2, 0.25) is 0 Å². The van der Waals surface area contributed by atoms with E-state index >= 15 is 0 Å². The lowest BCUT2D eigenvalue weighted by atomic mass is 10.5. The zero-order valence-electron chi connectivity index (χ0n) is 14.6. The summed E-state index contributed by atoms with van der Waals surface area (Å²) in [5, 5.41) is 38.3. The van der Waals surface area contributed by atoms with E-state index in [1.807, 2.05) is 0 Å². The number of rotatable bonds is 4. The third-order valence-electron chi connectivity index (χ3n) is 1.21. The van der Waals surface area contributed by atoms with E-state index in [2.05, 4.69) is 0 Å². The lowest BCUT2D eigenvalue weighted by Crippen LogP contribution is -1.86. The number of aliphatic carboxylic acids is 5. The summed E-state index contributed by atoms with van der Waals surface area (Å²) in [5.74, 6) is -3.81. The largest absolute Gasteiger partial charge is 0.481 e. The second-order valence-electron chi connectivity index (χ2n) is 3.51. The number of hydrogen-bond donors (Lipinski definition) is 5. The molecule has 5 N–H and O–H groups in total. The molecule has 0 aromatic carbocycles. The molecular weight excluding hydrogens is 328 g/mol. The van der Waals surface area contributed by atoms with Crippen molar-refractivity contribution in [2.45, 2.75) is 60.3 Å². The van der Waals surface area contributed by atoms with Crippen molar-refractivity contribution >= 4 is 29.8 Å². The summed E-state index contributed by atoms with van der Waals surface area (Å²) in [6.07, 6.45) is 0.889. The van der Waals surface area contributed by atoms with Crippen LogP contribution in [0.4, 0.5) is 0 Å². The van der Waals surface area contributed by atoms with E-state index in [9.17, 15) is 19.2 Å². The fourth-order valence-corrected chi connectivity index (χ4v) is 0. The Kier molecular flexibility index (Phi) is 39.3. The van der Waals surface area contributed by atoms with E-state index in [4.69, 9.17) is 30.3 Å². The Morgan fingerprint density at radius 3 is 0.542 bits per heavy atom. The summed E-state index contributed by atoms with van der Waals surface area (Å²) in [6, 6.07) is 0. The van der Waals surface area contributed by atoms with Crippen molar-refractivity contribution in [2.75, 3.05) is 0 Å². The van der Waals surface area contributed by atoms with Crippen LogP contribution in [0, 0.1) is 0 Å². The maximum Gasteiger partial charge on any atom is 0.303 e. The standard InChI is InChI=1S/4C3H6O2.C2H4O2/c4*1-2-3(4)5;1-2(3)4/h4*2H2,1H3,(H,4,5);1H3,(H,3,4). The van der Waals surface area contributed by atoms with Crippen molar-refractivity contribution in [3.8, 4) is 0 Å². The van der Waals surface area contributed by atoms with Crippen LogP contribution in [0.5, 0.6) is 0 Å². The SMILES string of the molecule is CC(=O)O.CCC(=O)O.CCC(=O)O.CCC(=O)O.CCC(=O)O. The molecule has 0 radical (unpaired) electrons. The molecule has 0 saturated carbocycles. The molecule has 0 saturated heterocycles. The number of hydrogen-bond acceptors (Lipinski definition) is 5. The molecule has 0 atom stereocenters. The first-order valence-electron chi connectivity index (χ1n) is 6.88. The summed E-state index contributed by atoms with van der Waals surface area (Å²) < 4.78 is 0. The highest BCUT2D eigenvalue weighted by molar-refractivity contribution is 5.66. The number of carboxylic acids is 5. The van der Waals surface area contributed by atoms with Crippen LogP contribution in [0.3, 0.4) is 0 Å². The first-order chi connectivity index (χ1) is 10.8. The van der Waals surface area contributed by atoms with Gasteiger partial charge in [-0.25, -0.2) is 0 Å². The molecule has 0 aromatic heterocycles. The summed E-state index contributed by atoms with van der Waals surface area (Å²) in [5.41, 5.74) is 0. The highest BCUT2D eigenvalue weighted by Gasteiger charge is 1.82. The van der Waals surface area contributed by atoms with Gasteiger partial charge in [-0.15, -0.1) is 0 Å². The monoisotopic (exact) mass is 356 g/mol. The molecule has 0 bridgehead atoms. The van der Waals surface area contributed by atoms with E-state index in [1.54, 1.807) is 27.7 Å². The average Bonchev–Trinajstić information content (AvgIpc) is 2.48. The van der Waals surface area contributed by atoms with Gasteiger partial charge in [0.25, 0.3) is 5.97 Å². The number of carboxylic acid groups (broad SMARTS) is 5. The Morgan fingerprint density at radius 2 is 0.542 bits per heavy atom. The van der Waals surface area contributed by atoms with Crippen LogP contribution in [0.15, 0.2) is 0 Å². The van der Waals surface area contributed by atoms with Gasteiger partial charge in [-0.3, -0.25) is 24.0 Å². The Hall–Kier alpha value is -2.65. The molecule has 0 spiro atoms. The van der Waals surface area contributed by atoms with Gasteiger partial charge >= 0.3 is 23.9 Å². The fraction of sp³-hybridized carbons (Fsp3) is 0.643. The summed E-state index contributed by atoms with van der Waals surface area (Å²) >= 11 is 0. The topological polar surface area (TPSA) is 186 Å². The first kappa shape index (κ1) is 33.1. The molecule has 10 heteroatoms. The normalized spacial score (nSPS) is 7.21. The molecule has 0 aliphatic rings. The summed E-state index contributed by atoms with van der Waals surface area (Å²) in [7, 11) is 0. The van der Waals surface area contributed by atoms with Crippen LogP contribution < -0.4 is 0 Å². The minimum Gasteiger partial charge on any atom is -0.481 e. The van der Waals surface area contributed by atoms with E-state index in [0.29, 0.717) is 0 Å². The highest BCUT2D eigenvalue weighted by Crippen LogP contribution is 1.68. The van der Waals surface area contributed by atoms with Gasteiger partial charge in [0.05, 0.1) is 0 Å². The average molecular weight is 356 g/mol. The maximum atomic E-state index is 9.37. The Morgan fingerprint density at radius 1 is 0.500 bits per heavy atom. The van der Waals surface area contributed by atoms with Gasteiger partial charge in [-0.1, -0.05) is 27.7 Å². The van der Waals surface area contributed by atoms with Gasteiger partial charge in [0.2, 0.25) is 0 Å². The van der Waals surface area contributed by atoms with Crippen molar-refractivity contribution in [3.63, 3.8) is 0 Å². The van der Waals surface area contributed by atoms with Gasteiger partial charge < -0.3 is 25.5 Å². The third-order valence-corrected chi connectivity index (χ3v) is 1.21. The quantitative estimate of drug-likeness (QED) is 0.498. The minimum atomic E-state index is -0.833. The second-order valence-corrected chi connectivity index (χ2v) is 3.51. The molecule has 0 aromatic rings. The lowest BCUT2D eigenvalue weighted by Gasteiger charge is -1.71. The molecule has 0 aliphatic carbocycles. The molecule has 0 heterocycles. The van der Waals surface area contributed by atoms with Crippen LogP contribution >= 0.6 is 0 Å². The molecule has 0 fully saturated rings. The van der Waals surface area contributed by atoms with Gasteiger partial charge in [0.1, 0.15) is 0 Å². The van der Waals surface area contributed by atoms with Crippen LogP contribution in [-0.4, -0.2) is 55.4 Å². The smallest absolute Gasteiger partial charge is 0.303 e. The Balaban J connectivity index is -0.0000000628.